The summed E-state index contributed by atoms with van der Waals surface area (Å²) < 4.78 is 13.4. The lowest BCUT2D eigenvalue weighted by Gasteiger charge is -2.04. The number of hydrogen-bond acceptors (Lipinski definition) is 1. The van der Waals surface area contributed by atoms with Crippen LogP contribution in [-0.4, -0.2) is 9.97 Å². The fraction of sp³-hybridized carbons (Fsp3) is 0.417. The SMILES string of the molecule is CCCC(C)c1nc2c(F)cccc2[nH]1. The van der Waals surface area contributed by atoms with Crippen LogP contribution < -0.4 is 0 Å². The summed E-state index contributed by atoms with van der Waals surface area (Å²) >= 11 is 0. The first kappa shape index (κ1) is 10.1. The first-order valence-electron chi connectivity index (χ1n) is 5.36. The van der Waals surface area contributed by atoms with Gasteiger partial charge in [0.15, 0.2) is 5.82 Å². The number of hydrogen-bond donors (Lipinski definition) is 1. The first-order chi connectivity index (χ1) is 7.22. The molecule has 0 aliphatic carbocycles. The number of imidazole rings is 1. The van der Waals surface area contributed by atoms with E-state index in [1.807, 2.05) is 6.07 Å². The quantitative estimate of drug-likeness (QED) is 0.816. The molecule has 2 rings (SSSR count). The molecule has 15 heavy (non-hydrogen) atoms. The lowest BCUT2D eigenvalue weighted by molar-refractivity contribution is 0.627. The highest BCUT2D eigenvalue weighted by Crippen LogP contribution is 2.22. The van der Waals surface area contributed by atoms with E-state index in [-0.39, 0.29) is 5.82 Å². The molecular formula is C12H15FN2. The second kappa shape index (κ2) is 4.01. The van der Waals surface area contributed by atoms with Crippen LogP contribution in [0.4, 0.5) is 4.39 Å². The van der Waals surface area contributed by atoms with Crippen LogP contribution in [0.15, 0.2) is 18.2 Å². The third kappa shape index (κ3) is 1.87. The van der Waals surface area contributed by atoms with Gasteiger partial charge in [-0.25, -0.2) is 9.37 Å². The second-order valence-corrected chi connectivity index (χ2v) is 3.95. The molecule has 1 heterocycles. The van der Waals surface area contributed by atoms with Gasteiger partial charge in [0.05, 0.1) is 5.52 Å². The molecule has 0 radical (unpaired) electrons. The molecule has 2 nitrogen and oxygen atoms in total. The van der Waals surface area contributed by atoms with E-state index in [0.29, 0.717) is 11.4 Å². The Morgan fingerprint density at radius 2 is 2.27 bits per heavy atom. The molecule has 1 N–H and O–H groups in total. The van der Waals surface area contributed by atoms with E-state index in [0.717, 1.165) is 24.2 Å². The van der Waals surface area contributed by atoms with Crippen molar-refractivity contribution in [2.24, 2.45) is 0 Å². The van der Waals surface area contributed by atoms with E-state index in [1.165, 1.54) is 6.07 Å². The van der Waals surface area contributed by atoms with Crippen molar-refractivity contribution in [1.29, 1.82) is 0 Å². The molecule has 1 aromatic heterocycles. The third-order valence-electron chi connectivity index (χ3n) is 2.67. The predicted octanol–water partition coefficient (Wildman–Crippen LogP) is 3.61. The number of aromatic nitrogens is 2. The molecule has 0 aliphatic heterocycles. The number of nitrogens with zero attached hydrogens (tertiary/aromatic N) is 1. The van der Waals surface area contributed by atoms with E-state index >= 15 is 0 Å². The van der Waals surface area contributed by atoms with E-state index in [4.69, 9.17) is 0 Å². The molecule has 80 valence electrons. The van der Waals surface area contributed by atoms with Crippen LogP contribution >= 0.6 is 0 Å². The number of rotatable bonds is 3. The number of aromatic amines is 1. The van der Waals surface area contributed by atoms with Crippen molar-refractivity contribution in [2.45, 2.75) is 32.6 Å². The van der Waals surface area contributed by atoms with Crippen LogP contribution in [0.1, 0.15) is 38.4 Å². The topological polar surface area (TPSA) is 28.7 Å². The van der Waals surface area contributed by atoms with Crippen molar-refractivity contribution in [2.75, 3.05) is 0 Å². The fourth-order valence-corrected chi connectivity index (χ4v) is 1.82. The molecule has 0 saturated carbocycles. The summed E-state index contributed by atoms with van der Waals surface area (Å²) in [5.41, 5.74) is 1.24. The van der Waals surface area contributed by atoms with Gasteiger partial charge >= 0.3 is 0 Å². The van der Waals surface area contributed by atoms with Gasteiger partial charge in [-0.3, -0.25) is 0 Å². The van der Waals surface area contributed by atoms with Gasteiger partial charge in [-0.15, -0.1) is 0 Å². The molecule has 0 saturated heterocycles. The number of nitrogens with one attached hydrogen (secondary N) is 1. The van der Waals surface area contributed by atoms with Gasteiger partial charge in [-0.1, -0.05) is 26.3 Å². The van der Waals surface area contributed by atoms with Crippen molar-refractivity contribution < 1.29 is 4.39 Å². The summed E-state index contributed by atoms with van der Waals surface area (Å²) in [5.74, 6) is 0.998. The van der Waals surface area contributed by atoms with Gasteiger partial charge in [-0.2, -0.15) is 0 Å². The molecule has 2 aromatic rings. The number of H-pyrrole nitrogens is 1. The highest BCUT2D eigenvalue weighted by atomic mass is 19.1. The van der Waals surface area contributed by atoms with Gasteiger partial charge in [0.25, 0.3) is 0 Å². The van der Waals surface area contributed by atoms with E-state index in [2.05, 4.69) is 23.8 Å². The van der Waals surface area contributed by atoms with E-state index < -0.39 is 0 Å². The summed E-state index contributed by atoms with van der Waals surface area (Å²) in [6, 6.07) is 5.00. The molecule has 1 atom stereocenters. The lowest BCUT2D eigenvalue weighted by atomic mass is 10.1. The average molecular weight is 206 g/mol. The fourth-order valence-electron chi connectivity index (χ4n) is 1.82. The minimum atomic E-state index is -0.251. The predicted molar refractivity (Wildman–Crippen MR) is 59.4 cm³/mol. The molecule has 0 aliphatic rings. The number of halogens is 1. The zero-order chi connectivity index (χ0) is 10.8. The van der Waals surface area contributed by atoms with Gasteiger partial charge < -0.3 is 4.98 Å². The number of para-hydroxylation sites is 1. The maximum absolute atomic E-state index is 13.4. The van der Waals surface area contributed by atoms with Crippen molar-refractivity contribution in [3.8, 4) is 0 Å². The summed E-state index contributed by atoms with van der Waals surface area (Å²) in [5, 5.41) is 0. The van der Waals surface area contributed by atoms with Crippen LogP contribution in [-0.2, 0) is 0 Å². The maximum atomic E-state index is 13.4. The summed E-state index contributed by atoms with van der Waals surface area (Å²) in [6.45, 7) is 4.25. The van der Waals surface area contributed by atoms with Crippen molar-refractivity contribution in [3.05, 3.63) is 29.8 Å². The molecule has 0 spiro atoms. The van der Waals surface area contributed by atoms with Crippen molar-refractivity contribution in [1.82, 2.24) is 9.97 Å². The normalized spacial score (nSPS) is 13.3. The number of benzene rings is 1. The van der Waals surface area contributed by atoms with Crippen LogP contribution in [0.3, 0.4) is 0 Å². The van der Waals surface area contributed by atoms with Crippen molar-refractivity contribution >= 4 is 11.0 Å². The first-order valence-corrected chi connectivity index (χ1v) is 5.36. The van der Waals surface area contributed by atoms with E-state index in [9.17, 15) is 4.39 Å². The Balaban J connectivity index is 2.43. The van der Waals surface area contributed by atoms with Crippen LogP contribution in [0.5, 0.6) is 0 Å². The Bertz CT molecular complexity index is 462. The largest absolute Gasteiger partial charge is 0.342 e. The van der Waals surface area contributed by atoms with Gasteiger partial charge in [0.1, 0.15) is 11.3 Å². The summed E-state index contributed by atoms with van der Waals surface area (Å²) in [4.78, 5) is 7.47. The Morgan fingerprint density at radius 3 is 2.93 bits per heavy atom. The van der Waals surface area contributed by atoms with Gasteiger partial charge in [0.2, 0.25) is 0 Å². The van der Waals surface area contributed by atoms with Crippen LogP contribution in [0.25, 0.3) is 11.0 Å². The number of fused-ring (bicyclic) bond motifs is 1. The van der Waals surface area contributed by atoms with E-state index in [1.54, 1.807) is 6.07 Å². The van der Waals surface area contributed by atoms with Crippen LogP contribution in [0, 0.1) is 5.82 Å². The Kier molecular flexibility index (Phi) is 2.71. The van der Waals surface area contributed by atoms with Gasteiger partial charge in [-0.05, 0) is 18.6 Å². The maximum Gasteiger partial charge on any atom is 0.151 e. The summed E-state index contributed by atoms with van der Waals surface area (Å²) in [6.07, 6.45) is 2.18. The van der Waals surface area contributed by atoms with Gasteiger partial charge in [0, 0.05) is 5.92 Å². The molecule has 1 unspecified atom stereocenters. The Morgan fingerprint density at radius 1 is 1.47 bits per heavy atom. The highest BCUT2D eigenvalue weighted by Gasteiger charge is 2.11. The Hall–Kier alpha value is -1.38. The molecule has 0 amide bonds. The zero-order valence-electron chi connectivity index (χ0n) is 9.05. The molecule has 0 fully saturated rings. The van der Waals surface area contributed by atoms with Crippen LogP contribution in [0.2, 0.25) is 0 Å². The molecule has 1 aromatic carbocycles. The average Bonchev–Trinajstić information content (AvgIpc) is 2.63. The molecule has 0 bridgehead atoms. The summed E-state index contributed by atoms with van der Waals surface area (Å²) in [7, 11) is 0. The second-order valence-electron chi connectivity index (χ2n) is 3.95. The monoisotopic (exact) mass is 206 g/mol. The standard InChI is InChI=1S/C12H15FN2/c1-3-5-8(2)12-14-10-7-4-6-9(13)11(10)15-12/h4,6-8H,3,5H2,1-2H3,(H,14,15). The molecule has 3 heteroatoms. The highest BCUT2D eigenvalue weighted by molar-refractivity contribution is 5.75. The lowest BCUT2D eigenvalue weighted by Crippen LogP contribution is -1.94. The minimum absolute atomic E-state index is 0.251. The smallest absolute Gasteiger partial charge is 0.151 e. The minimum Gasteiger partial charge on any atom is -0.342 e. The zero-order valence-corrected chi connectivity index (χ0v) is 9.05. The Labute approximate surface area is 88.5 Å². The third-order valence-corrected chi connectivity index (χ3v) is 2.67. The molecular weight excluding hydrogens is 191 g/mol. The van der Waals surface area contributed by atoms with Crippen molar-refractivity contribution in [3.63, 3.8) is 0 Å².